The van der Waals surface area contributed by atoms with E-state index < -0.39 is 0 Å². The van der Waals surface area contributed by atoms with Crippen molar-refractivity contribution in [2.75, 3.05) is 31.6 Å². The Labute approximate surface area is 172 Å². The molecule has 0 spiro atoms. The number of aromatic amines is 1. The molecule has 4 rings (SSSR count). The molecule has 2 aromatic carbocycles. The van der Waals surface area contributed by atoms with Gasteiger partial charge >= 0.3 is 0 Å². The minimum absolute atomic E-state index is 0.754. The van der Waals surface area contributed by atoms with Crippen LogP contribution in [0.1, 0.15) is 16.8 Å². The minimum Gasteiger partial charge on any atom is -0.364 e. The second-order valence-electron chi connectivity index (χ2n) is 7.42. The monoisotopic (exact) mass is 387 g/mol. The summed E-state index contributed by atoms with van der Waals surface area (Å²) >= 11 is 0. The van der Waals surface area contributed by atoms with Gasteiger partial charge in [-0.05, 0) is 42.7 Å². The van der Waals surface area contributed by atoms with Crippen LogP contribution in [-0.2, 0) is 13.0 Å². The van der Waals surface area contributed by atoms with Crippen LogP contribution in [0.5, 0.6) is 0 Å². The van der Waals surface area contributed by atoms with Gasteiger partial charge in [0.25, 0.3) is 0 Å². The fraction of sp³-hybridized carbons (Fsp3) is 0.292. The molecule has 29 heavy (non-hydrogen) atoms. The number of benzene rings is 2. The maximum Gasteiger partial charge on any atom is 0.191 e. The van der Waals surface area contributed by atoms with E-state index in [1.807, 2.05) is 7.05 Å². The van der Waals surface area contributed by atoms with Gasteiger partial charge in [0.2, 0.25) is 0 Å². The third-order valence-electron chi connectivity index (χ3n) is 5.50. The van der Waals surface area contributed by atoms with E-state index in [4.69, 9.17) is 0 Å². The van der Waals surface area contributed by atoms with Crippen molar-refractivity contribution in [3.63, 3.8) is 0 Å². The van der Waals surface area contributed by atoms with Gasteiger partial charge in [-0.15, -0.1) is 0 Å². The molecule has 0 atom stereocenters. The third kappa shape index (κ3) is 4.45. The SMILES string of the molecule is CN=C(NCCc1c(C)[nH]c2ccccc12)NCc1ccc(N2CC=CC2)cc1. The van der Waals surface area contributed by atoms with Crippen molar-refractivity contribution >= 4 is 22.5 Å². The molecule has 150 valence electrons. The second-order valence-corrected chi connectivity index (χ2v) is 7.42. The number of hydrogen-bond acceptors (Lipinski definition) is 2. The largest absolute Gasteiger partial charge is 0.364 e. The van der Waals surface area contributed by atoms with Crippen LogP contribution in [0.15, 0.2) is 65.7 Å². The van der Waals surface area contributed by atoms with Gasteiger partial charge in [0.05, 0.1) is 0 Å². The van der Waals surface area contributed by atoms with Gasteiger partial charge in [-0.3, -0.25) is 4.99 Å². The van der Waals surface area contributed by atoms with Crippen LogP contribution < -0.4 is 15.5 Å². The van der Waals surface area contributed by atoms with Crippen LogP contribution in [0, 0.1) is 6.92 Å². The summed E-state index contributed by atoms with van der Waals surface area (Å²) in [5.74, 6) is 0.829. The van der Waals surface area contributed by atoms with Crippen molar-refractivity contribution in [3.05, 3.63) is 77.5 Å². The average Bonchev–Trinajstić information content (AvgIpc) is 3.39. The van der Waals surface area contributed by atoms with Gasteiger partial charge in [0.1, 0.15) is 0 Å². The quantitative estimate of drug-likeness (QED) is 0.343. The topological polar surface area (TPSA) is 55.5 Å². The summed E-state index contributed by atoms with van der Waals surface area (Å²) in [5.41, 5.74) is 6.34. The molecule has 3 aromatic rings. The van der Waals surface area contributed by atoms with Gasteiger partial charge in [-0.25, -0.2) is 0 Å². The predicted octanol–water partition coefficient (Wildman–Crippen LogP) is 3.76. The molecule has 5 heteroatoms. The molecule has 0 unspecified atom stereocenters. The highest BCUT2D eigenvalue weighted by Crippen LogP contribution is 2.22. The first-order valence-corrected chi connectivity index (χ1v) is 10.2. The molecular weight excluding hydrogens is 358 g/mol. The molecule has 0 radical (unpaired) electrons. The summed E-state index contributed by atoms with van der Waals surface area (Å²) in [6, 6.07) is 17.2. The molecule has 1 aliphatic rings. The van der Waals surface area contributed by atoms with E-state index in [2.05, 4.69) is 93.1 Å². The number of guanidine groups is 1. The molecule has 5 nitrogen and oxygen atoms in total. The van der Waals surface area contributed by atoms with Crippen LogP contribution in [0.2, 0.25) is 0 Å². The highest BCUT2D eigenvalue weighted by molar-refractivity contribution is 5.84. The van der Waals surface area contributed by atoms with E-state index >= 15 is 0 Å². The Balaban J connectivity index is 1.28. The van der Waals surface area contributed by atoms with Crippen molar-refractivity contribution in [2.24, 2.45) is 4.99 Å². The Morgan fingerprint density at radius 2 is 1.79 bits per heavy atom. The molecule has 0 saturated heterocycles. The molecule has 1 aliphatic heterocycles. The minimum atomic E-state index is 0.754. The van der Waals surface area contributed by atoms with Crippen molar-refractivity contribution in [1.82, 2.24) is 15.6 Å². The Kier molecular flexibility index (Phi) is 5.84. The summed E-state index contributed by atoms with van der Waals surface area (Å²) < 4.78 is 0. The van der Waals surface area contributed by atoms with E-state index in [0.29, 0.717) is 0 Å². The molecule has 0 amide bonds. The second kappa shape index (κ2) is 8.86. The predicted molar refractivity (Wildman–Crippen MR) is 123 cm³/mol. The van der Waals surface area contributed by atoms with Gasteiger partial charge in [0.15, 0.2) is 5.96 Å². The number of fused-ring (bicyclic) bond motifs is 1. The molecule has 0 bridgehead atoms. The fourth-order valence-electron chi connectivity index (χ4n) is 3.88. The molecule has 0 saturated carbocycles. The van der Waals surface area contributed by atoms with E-state index in [1.165, 1.54) is 33.4 Å². The van der Waals surface area contributed by atoms with E-state index in [0.717, 1.165) is 38.6 Å². The summed E-state index contributed by atoms with van der Waals surface area (Å²) in [5, 5.41) is 8.15. The maximum atomic E-state index is 4.36. The normalized spacial score (nSPS) is 14.0. The van der Waals surface area contributed by atoms with Gasteiger partial charge in [0, 0.05) is 55.5 Å². The van der Waals surface area contributed by atoms with Crippen molar-refractivity contribution in [1.29, 1.82) is 0 Å². The van der Waals surface area contributed by atoms with Gasteiger partial charge in [-0.2, -0.15) is 0 Å². The first kappa shape index (κ1) is 19.1. The lowest BCUT2D eigenvalue weighted by Crippen LogP contribution is -2.37. The Morgan fingerprint density at radius 3 is 2.55 bits per heavy atom. The average molecular weight is 388 g/mol. The molecular formula is C24H29N5. The number of anilines is 1. The van der Waals surface area contributed by atoms with Crippen LogP contribution in [0.3, 0.4) is 0 Å². The third-order valence-corrected chi connectivity index (χ3v) is 5.50. The first-order chi connectivity index (χ1) is 14.2. The number of H-pyrrole nitrogens is 1. The number of para-hydroxylation sites is 1. The highest BCUT2D eigenvalue weighted by atomic mass is 15.2. The summed E-state index contributed by atoms with van der Waals surface area (Å²) in [6.07, 6.45) is 5.38. The first-order valence-electron chi connectivity index (χ1n) is 10.2. The van der Waals surface area contributed by atoms with E-state index in [-0.39, 0.29) is 0 Å². The molecule has 2 heterocycles. The van der Waals surface area contributed by atoms with Gasteiger partial charge in [-0.1, -0.05) is 42.5 Å². The summed E-state index contributed by atoms with van der Waals surface area (Å²) in [4.78, 5) is 10.2. The zero-order valence-electron chi connectivity index (χ0n) is 17.2. The fourth-order valence-corrected chi connectivity index (χ4v) is 3.88. The molecule has 1 aromatic heterocycles. The van der Waals surface area contributed by atoms with E-state index in [9.17, 15) is 0 Å². The van der Waals surface area contributed by atoms with E-state index in [1.54, 1.807) is 0 Å². The standard InChI is InChI=1S/C24H29N5/c1-18-21(22-7-3-4-8-23(22)28-18)13-14-26-24(25-2)27-17-19-9-11-20(12-10-19)29-15-5-6-16-29/h3-12,28H,13-17H2,1-2H3,(H2,25,26,27). The van der Waals surface area contributed by atoms with Crippen molar-refractivity contribution in [2.45, 2.75) is 19.9 Å². The Bertz CT molecular complexity index is 1010. The number of aryl methyl sites for hydroxylation is 1. The Morgan fingerprint density at radius 1 is 1.03 bits per heavy atom. The molecule has 0 aliphatic carbocycles. The zero-order valence-corrected chi connectivity index (χ0v) is 17.2. The van der Waals surface area contributed by atoms with Crippen LogP contribution in [0.4, 0.5) is 5.69 Å². The highest BCUT2D eigenvalue weighted by Gasteiger charge is 2.09. The number of aliphatic imine (C=N–C) groups is 1. The van der Waals surface area contributed by atoms with Crippen LogP contribution in [0.25, 0.3) is 10.9 Å². The summed E-state index contributed by atoms with van der Waals surface area (Å²) in [7, 11) is 1.82. The smallest absolute Gasteiger partial charge is 0.191 e. The van der Waals surface area contributed by atoms with Gasteiger partial charge < -0.3 is 20.5 Å². The number of hydrogen-bond donors (Lipinski definition) is 3. The van der Waals surface area contributed by atoms with Crippen LogP contribution >= 0.6 is 0 Å². The van der Waals surface area contributed by atoms with Crippen molar-refractivity contribution in [3.8, 4) is 0 Å². The molecule has 0 fully saturated rings. The van der Waals surface area contributed by atoms with Crippen molar-refractivity contribution < 1.29 is 0 Å². The maximum absolute atomic E-state index is 4.36. The summed E-state index contributed by atoms with van der Waals surface area (Å²) in [6.45, 7) is 5.74. The number of nitrogens with one attached hydrogen (secondary N) is 3. The number of nitrogens with zero attached hydrogens (tertiary/aromatic N) is 2. The Hall–Kier alpha value is -3.21. The lowest BCUT2D eigenvalue weighted by molar-refractivity contribution is 0.794. The molecule has 3 N–H and O–H groups in total. The number of rotatable bonds is 6. The lowest BCUT2D eigenvalue weighted by Gasteiger charge is -2.18. The lowest BCUT2D eigenvalue weighted by atomic mass is 10.1. The van der Waals surface area contributed by atoms with Crippen LogP contribution in [-0.4, -0.2) is 37.6 Å². The number of aromatic nitrogens is 1. The zero-order chi connectivity index (χ0) is 20.1.